The van der Waals surface area contributed by atoms with Gasteiger partial charge < -0.3 is 7.43 Å². The number of rotatable bonds is 0. The molecule has 0 unspecified atom stereocenters. The van der Waals surface area contributed by atoms with Crippen LogP contribution in [0.2, 0.25) is 0 Å². The molecule has 0 bridgehead atoms. The summed E-state index contributed by atoms with van der Waals surface area (Å²) in [5, 5.41) is 0. The van der Waals surface area contributed by atoms with Crippen LogP contribution in [0.25, 0.3) is 0 Å². The summed E-state index contributed by atoms with van der Waals surface area (Å²) in [6.45, 7) is 0. The van der Waals surface area contributed by atoms with Crippen molar-refractivity contribution >= 4 is 0 Å². The molecule has 0 N–H and O–H groups in total. The van der Waals surface area contributed by atoms with E-state index >= 15 is 0 Å². The number of hydrogen-bond donors (Lipinski definition) is 0. The van der Waals surface area contributed by atoms with Gasteiger partial charge in [-0.05, 0) is 0 Å². The molecule has 32 valence electrons. The third-order valence-electron chi connectivity index (χ3n) is 0. The van der Waals surface area contributed by atoms with E-state index in [-0.39, 0.29) is 62.1 Å². The Balaban J connectivity index is 0. The zero-order chi connectivity index (χ0) is 0. The summed E-state index contributed by atoms with van der Waals surface area (Å²) in [7, 11) is 0. The van der Waals surface area contributed by atoms with E-state index in [1.807, 2.05) is 0 Å². The maximum atomic E-state index is 0. The average Bonchev–Trinajstić information content (AvgIpc) is 0. The van der Waals surface area contributed by atoms with E-state index in [0.717, 1.165) is 0 Å². The topological polar surface area (TPSA) is 0 Å². The van der Waals surface area contributed by atoms with Gasteiger partial charge in [0.2, 0.25) is 0 Å². The van der Waals surface area contributed by atoms with Gasteiger partial charge in [0.15, 0.2) is 0 Å². The molecular weight excluding hydrogens is 222 g/mol. The van der Waals surface area contributed by atoms with Gasteiger partial charge in [0, 0.05) is 54.6 Å². The van der Waals surface area contributed by atoms with Gasteiger partial charge in [-0.1, -0.05) is 0 Å². The van der Waals surface area contributed by atoms with Gasteiger partial charge in [-0.25, -0.2) is 0 Å². The Morgan fingerprint density at radius 2 is 1.00 bits per heavy atom. The summed E-state index contributed by atoms with van der Waals surface area (Å²) in [4.78, 5) is 0. The van der Waals surface area contributed by atoms with E-state index in [2.05, 4.69) is 0 Å². The van der Waals surface area contributed by atoms with E-state index in [0.29, 0.717) is 0 Å². The molecule has 0 aromatic rings. The molecule has 0 aromatic heterocycles. The zero-order valence-electron chi connectivity index (χ0n) is 2.08. The molecule has 4 heavy (non-hydrogen) atoms. The van der Waals surface area contributed by atoms with E-state index in [4.69, 9.17) is 0 Å². The van der Waals surface area contributed by atoms with Gasteiger partial charge in [0.1, 0.15) is 0 Å². The predicted molar refractivity (Wildman–Crippen MR) is 6.41 cm³/mol. The summed E-state index contributed by atoms with van der Waals surface area (Å²) in [5.74, 6) is 0. The Labute approximate surface area is 61.8 Å². The van der Waals surface area contributed by atoms with Crippen molar-refractivity contribution in [2.75, 3.05) is 0 Å². The van der Waals surface area contributed by atoms with Crippen molar-refractivity contribution in [3.05, 3.63) is 7.43 Å². The molecule has 0 saturated heterocycles. The van der Waals surface area contributed by atoms with Crippen LogP contribution in [0.1, 0.15) is 0 Å². The molecule has 0 rings (SSSR count). The first-order valence-electron chi connectivity index (χ1n) is 0. The fourth-order valence-corrected chi connectivity index (χ4v) is 0. The number of hydrogen-bond acceptors (Lipinski definition) is 0. The molecule has 0 nitrogen and oxygen atoms in total. The molecule has 0 radical (unpaired) electrons. The van der Waals surface area contributed by atoms with Gasteiger partial charge in [-0.3, -0.25) is 0 Å². The van der Waals surface area contributed by atoms with Gasteiger partial charge in [-0.2, -0.15) is 0 Å². The van der Waals surface area contributed by atoms with Crippen molar-refractivity contribution in [2.24, 2.45) is 0 Å². The summed E-state index contributed by atoms with van der Waals surface area (Å²) < 4.78 is 0. The second kappa shape index (κ2) is 22.3. The van der Waals surface area contributed by atoms with Crippen LogP contribution < -0.4 is 0 Å². The van der Waals surface area contributed by atoms with Crippen LogP contribution in [0.4, 0.5) is 0 Å². The van der Waals surface area contributed by atoms with Gasteiger partial charge in [0.05, 0.1) is 0 Å². The summed E-state index contributed by atoms with van der Waals surface area (Å²) in [6.07, 6.45) is 0. The fourth-order valence-electron chi connectivity index (χ4n) is 0. The third-order valence-corrected chi connectivity index (χ3v) is 0. The first-order valence-corrected chi connectivity index (χ1v) is 0. The predicted octanol–water partition coefficient (Wildman–Crippen LogP) is 0.443. The Bertz CT molecular complexity index is 8.00. The van der Waals surface area contributed by atoms with Crippen molar-refractivity contribution < 1.29 is 54.6 Å². The molecule has 0 atom stereocenters. The summed E-state index contributed by atoms with van der Waals surface area (Å²) in [5.41, 5.74) is 0. The summed E-state index contributed by atoms with van der Waals surface area (Å²) in [6, 6.07) is 0. The second-order valence-electron chi connectivity index (χ2n) is 0. The zero-order valence-corrected chi connectivity index (χ0v) is 6.18. The molecule has 0 aliphatic carbocycles. The van der Waals surface area contributed by atoms with E-state index in [9.17, 15) is 0 Å². The fraction of sp³-hybridized carbons (Fsp3) is 0. The van der Waals surface area contributed by atoms with Crippen LogP contribution in [0.3, 0.4) is 0 Å². The Morgan fingerprint density at radius 3 is 1.00 bits per heavy atom. The minimum atomic E-state index is 0. The molecule has 0 amide bonds. The maximum absolute atomic E-state index is 0. The average molecular weight is 226 g/mol. The molecule has 0 heterocycles. The van der Waals surface area contributed by atoms with Crippen molar-refractivity contribution in [3.63, 3.8) is 0 Å². The maximum Gasteiger partial charge on any atom is 0 e. The minimum Gasteiger partial charge on any atom is -0.358 e. The normalized spacial score (nSPS) is 0. The second-order valence-corrected chi connectivity index (χ2v) is 0. The molecule has 0 aliphatic heterocycles. The molecule has 3 heteroatoms. The van der Waals surface area contributed by atoms with Gasteiger partial charge >= 0.3 is 0 Å². The third kappa shape index (κ3) is 9.33. The first kappa shape index (κ1) is 43.5. The van der Waals surface area contributed by atoms with Crippen molar-refractivity contribution in [3.8, 4) is 0 Å². The van der Waals surface area contributed by atoms with Gasteiger partial charge in [-0.15, -0.1) is 0 Å². The van der Waals surface area contributed by atoms with Crippen LogP contribution in [-0.4, -0.2) is 0 Å². The van der Waals surface area contributed by atoms with Crippen molar-refractivity contribution in [1.82, 2.24) is 0 Å². The first-order chi connectivity index (χ1) is 0. The molecule has 0 saturated carbocycles. The quantitative estimate of drug-likeness (QED) is 0.415. The van der Waals surface area contributed by atoms with E-state index < -0.39 is 0 Å². The monoisotopic (exact) mass is 227 g/mol. The summed E-state index contributed by atoms with van der Waals surface area (Å²) >= 11 is 0. The molecule has 0 aliphatic rings. The van der Waals surface area contributed by atoms with Crippen LogP contribution in [-0.2, 0) is 54.6 Å². The molecule has 0 fully saturated rings. The Kier molecular flexibility index (Phi) is 242. The smallest absolute Gasteiger partial charge is 0 e. The molecule has 0 aromatic carbocycles. The van der Waals surface area contributed by atoms with Gasteiger partial charge in [0.25, 0.3) is 0 Å². The minimum absolute atomic E-state index is 0. The standard InChI is InChI=1S/CH3.Fe.Mo.Ni/h1H3;;;/q-1;;;. The van der Waals surface area contributed by atoms with Crippen molar-refractivity contribution in [1.29, 1.82) is 0 Å². The Hall–Kier alpha value is 1.70. The van der Waals surface area contributed by atoms with Crippen molar-refractivity contribution in [2.45, 2.75) is 0 Å². The largest absolute Gasteiger partial charge is 0.358 e. The van der Waals surface area contributed by atoms with Crippen LogP contribution in [0, 0.1) is 7.43 Å². The molecule has 0 spiro atoms. The molecular formula is CH3FeMoNi-. The van der Waals surface area contributed by atoms with Crippen LogP contribution in [0.5, 0.6) is 0 Å². The Morgan fingerprint density at radius 1 is 1.00 bits per heavy atom. The van der Waals surface area contributed by atoms with Crippen LogP contribution in [0.15, 0.2) is 0 Å². The van der Waals surface area contributed by atoms with Crippen LogP contribution >= 0.6 is 0 Å². The SMILES string of the molecule is [CH3-].[Fe].[Mo].[Ni]. The van der Waals surface area contributed by atoms with E-state index in [1.54, 1.807) is 0 Å². The van der Waals surface area contributed by atoms with E-state index in [1.165, 1.54) is 0 Å².